The van der Waals surface area contributed by atoms with Crippen molar-refractivity contribution in [3.8, 4) is 0 Å². The van der Waals surface area contributed by atoms with Crippen molar-refractivity contribution in [1.82, 2.24) is 19.5 Å². The summed E-state index contributed by atoms with van der Waals surface area (Å²) in [5.74, 6) is 0.0782. The molecule has 2 aliphatic rings. The summed E-state index contributed by atoms with van der Waals surface area (Å²) >= 11 is 6.41. The Kier molecular flexibility index (Phi) is 4.27. The van der Waals surface area contributed by atoms with E-state index in [9.17, 15) is 0 Å². The largest absolute Gasteiger partial charge is 0.312 e. The summed E-state index contributed by atoms with van der Waals surface area (Å²) in [6.45, 7) is 2.18. The number of nitrogens with zero attached hydrogens (tertiary/aromatic N) is 5. The zero-order chi connectivity index (χ0) is 19.1. The van der Waals surface area contributed by atoms with Gasteiger partial charge in [-0.1, -0.05) is 50.1 Å². The molecule has 1 fully saturated rings. The Hall–Kier alpha value is -2.53. The van der Waals surface area contributed by atoms with E-state index in [4.69, 9.17) is 21.6 Å². The monoisotopic (exact) mass is 391 g/mol. The second kappa shape index (κ2) is 6.82. The average molecular weight is 392 g/mol. The Morgan fingerprint density at radius 3 is 2.64 bits per heavy atom. The van der Waals surface area contributed by atoms with Crippen LogP contribution in [0.1, 0.15) is 55.8 Å². The quantitative estimate of drug-likeness (QED) is 0.572. The van der Waals surface area contributed by atoms with Gasteiger partial charge in [-0.3, -0.25) is 4.99 Å². The summed E-state index contributed by atoms with van der Waals surface area (Å²) < 4.78 is 2.18. The summed E-state index contributed by atoms with van der Waals surface area (Å²) in [6, 6.07) is 10.8. The van der Waals surface area contributed by atoms with Gasteiger partial charge in [0.1, 0.15) is 16.7 Å². The van der Waals surface area contributed by atoms with E-state index in [1.54, 1.807) is 0 Å². The van der Waals surface area contributed by atoms with Gasteiger partial charge < -0.3 is 4.57 Å². The second-order valence-electron chi connectivity index (χ2n) is 7.70. The third-order valence-corrected chi connectivity index (χ3v) is 6.34. The van der Waals surface area contributed by atoms with Gasteiger partial charge in [0.05, 0.1) is 6.33 Å². The van der Waals surface area contributed by atoms with Gasteiger partial charge in [0, 0.05) is 18.2 Å². The Morgan fingerprint density at radius 2 is 1.93 bits per heavy atom. The van der Waals surface area contributed by atoms with Gasteiger partial charge in [-0.05, 0) is 42.2 Å². The Balaban J connectivity index is 1.70. The van der Waals surface area contributed by atoms with Gasteiger partial charge in [-0.15, -0.1) is 0 Å². The van der Waals surface area contributed by atoms with E-state index in [1.807, 2.05) is 24.7 Å². The number of halogens is 1. The van der Waals surface area contributed by atoms with E-state index < -0.39 is 5.54 Å². The van der Waals surface area contributed by atoms with Crippen LogP contribution in [0, 0.1) is 0 Å². The number of rotatable bonds is 4. The highest BCUT2D eigenvalue weighted by molar-refractivity contribution is 6.28. The first-order chi connectivity index (χ1) is 13.7. The molecule has 1 saturated carbocycles. The van der Waals surface area contributed by atoms with Crippen molar-refractivity contribution in [2.45, 2.75) is 50.1 Å². The molecule has 1 aromatic carbocycles. The van der Waals surface area contributed by atoms with Crippen molar-refractivity contribution in [2.75, 3.05) is 0 Å². The average Bonchev–Trinajstić information content (AvgIpc) is 3.47. The molecular formula is C22H22ClN5. The molecule has 5 rings (SSSR count). The third kappa shape index (κ3) is 2.68. The molecule has 142 valence electrons. The maximum absolute atomic E-state index is 6.41. The van der Waals surface area contributed by atoms with Crippen LogP contribution in [0.2, 0.25) is 5.28 Å². The van der Waals surface area contributed by atoms with Crippen molar-refractivity contribution in [2.24, 2.45) is 4.99 Å². The number of fused-ring (bicyclic) bond motifs is 1. The van der Waals surface area contributed by atoms with Crippen LogP contribution >= 0.6 is 11.6 Å². The Bertz CT molecular complexity index is 1050. The maximum atomic E-state index is 6.41. The normalized spacial score (nSPS) is 23.1. The summed E-state index contributed by atoms with van der Waals surface area (Å²) in [7, 11) is 0. The number of aromatic nitrogens is 4. The first kappa shape index (κ1) is 17.6. The van der Waals surface area contributed by atoms with Gasteiger partial charge in [0.2, 0.25) is 5.28 Å². The zero-order valence-corrected chi connectivity index (χ0v) is 16.5. The first-order valence-corrected chi connectivity index (χ1v) is 10.3. The number of benzene rings is 1. The van der Waals surface area contributed by atoms with Crippen LogP contribution in [0.4, 0.5) is 0 Å². The van der Waals surface area contributed by atoms with Gasteiger partial charge in [-0.25, -0.2) is 9.97 Å². The molecule has 0 radical (unpaired) electrons. The van der Waals surface area contributed by atoms with Crippen LogP contribution in [-0.4, -0.2) is 25.7 Å². The maximum Gasteiger partial charge on any atom is 0.224 e. The molecule has 0 amide bonds. The molecule has 2 atom stereocenters. The minimum Gasteiger partial charge on any atom is -0.312 e. The lowest BCUT2D eigenvalue weighted by molar-refractivity contribution is 0.467. The van der Waals surface area contributed by atoms with Gasteiger partial charge in [0.25, 0.3) is 0 Å². The molecular weight excluding hydrogens is 370 g/mol. The molecule has 2 unspecified atom stereocenters. The number of aliphatic imine (C=N–C) groups is 1. The highest BCUT2D eigenvalue weighted by Gasteiger charge is 2.41. The fraction of sp³-hybridized carbons (Fsp3) is 0.364. The van der Waals surface area contributed by atoms with Crippen molar-refractivity contribution in [3.05, 3.63) is 65.4 Å². The van der Waals surface area contributed by atoms with Crippen LogP contribution in [0.15, 0.2) is 53.8 Å². The summed E-state index contributed by atoms with van der Waals surface area (Å²) in [6.07, 6.45) is 12.6. The van der Waals surface area contributed by atoms with E-state index in [1.165, 1.54) is 18.4 Å². The fourth-order valence-corrected chi connectivity index (χ4v) is 4.78. The molecule has 0 N–H and O–H groups in total. The number of hydrogen-bond donors (Lipinski definition) is 0. The number of imidazole rings is 1. The topological polar surface area (TPSA) is 56.0 Å². The number of hydrogen-bond acceptors (Lipinski definition) is 4. The molecule has 3 aromatic rings. The van der Waals surface area contributed by atoms with Crippen molar-refractivity contribution in [1.29, 1.82) is 0 Å². The smallest absolute Gasteiger partial charge is 0.224 e. The lowest BCUT2D eigenvalue weighted by atomic mass is 9.78. The highest BCUT2D eigenvalue weighted by atomic mass is 35.5. The summed E-state index contributed by atoms with van der Waals surface area (Å²) in [5.41, 5.74) is 2.95. The molecule has 28 heavy (non-hydrogen) atoms. The minimum atomic E-state index is -0.638. The first-order valence-electron chi connectivity index (χ1n) is 9.87. The van der Waals surface area contributed by atoms with Crippen molar-refractivity contribution < 1.29 is 0 Å². The number of allylic oxidation sites excluding steroid dienone is 1. The van der Waals surface area contributed by atoms with E-state index in [0.29, 0.717) is 6.04 Å². The van der Waals surface area contributed by atoms with E-state index in [0.717, 1.165) is 29.7 Å². The molecule has 0 bridgehead atoms. The van der Waals surface area contributed by atoms with Crippen LogP contribution in [-0.2, 0) is 5.54 Å². The van der Waals surface area contributed by atoms with Gasteiger partial charge >= 0.3 is 0 Å². The summed E-state index contributed by atoms with van der Waals surface area (Å²) in [4.78, 5) is 18.8. The Morgan fingerprint density at radius 1 is 1.14 bits per heavy atom. The predicted molar refractivity (Wildman–Crippen MR) is 112 cm³/mol. The molecule has 1 aliphatic carbocycles. The van der Waals surface area contributed by atoms with Crippen LogP contribution in [0.25, 0.3) is 11.2 Å². The lowest BCUT2D eigenvalue weighted by Gasteiger charge is -2.31. The Labute approximate surface area is 169 Å². The molecule has 5 nitrogen and oxygen atoms in total. The minimum absolute atomic E-state index is 0.0782. The van der Waals surface area contributed by atoms with Crippen LogP contribution in [0.3, 0.4) is 0 Å². The summed E-state index contributed by atoms with van der Waals surface area (Å²) in [5, 5.41) is 0.248. The third-order valence-electron chi connectivity index (χ3n) is 6.18. The molecule has 0 saturated heterocycles. The fourth-order valence-electron chi connectivity index (χ4n) is 4.62. The van der Waals surface area contributed by atoms with Gasteiger partial charge in [-0.2, -0.15) is 4.98 Å². The SMILES string of the molecule is CC(c1ccccc1)C1(c2nc(Cl)nc3c2ncn3C2CCCC2)C=CC=N1. The van der Waals surface area contributed by atoms with Gasteiger partial charge in [0.15, 0.2) is 5.65 Å². The van der Waals surface area contributed by atoms with Crippen LogP contribution in [0.5, 0.6) is 0 Å². The van der Waals surface area contributed by atoms with E-state index >= 15 is 0 Å². The predicted octanol–water partition coefficient (Wildman–Crippen LogP) is 5.23. The standard InChI is InChI=1S/C22H22ClN5/c1-15(16-8-3-2-4-9-16)22(12-7-13-25-22)19-18-20(27-21(23)26-19)28(14-24-18)17-10-5-6-11-17/h2-4,7-9,12-15,17H,5-6,10-11H2,1H3. The zero-order valence-electron chi connectivity index (χ0n) is 15.8. The molecule has 6 heteroatoms. The van der Waals surface area contributed by atoms with Crippen molar-refractivity contribution in [3.63, 3.8) is 0 Å². The van der Waals surface area contributed by atoms with Crippen molar-refractivity contribution >= 4 is 29.0 Å². The molecule has 3 heterocycles. The van der Waals surface area contributed by atoms with E-state index in [-0.39, 0.29) is 11.2 Å². The molecule has 1 aliphatic heterocycles. The highest BCUT2D eigenvalue weighted by Crippen LogP contribution is 2.45. The lowest BCUT2D eigenvalue weighted by Crippen LogP contribution is -2.29. The van der Waals surface area contributed by atoms with Crippen LogP contribution < -0.4 is 0 Å². The van der Waals surface area contributed by atoms with E-state index in [2.05, 4.69) is 51.8 Å². The second-order valence-corrected chi connectivity index (χ2v) is 8.04. The molecule has 0 spiro atoms. The molecule has 2 aromatic heterocycles.